The maximum atomic E-state index is 14.1. The molecule has 0 saturated carbocycles. The molecule has 0 radical (unpaired) electrons. The molecule has 0 fully saturated rings. The first-order valence-corrected chi connectivity index (χ1v) is 17.7. The van der Waals surface area contributed by atoms with Crippen molar-refractivity contribution in [2.75, 3.05) is 13.6 Å². The van der Waals surface area contributed by atoms with Crippen LogP contribution in [0.15, 0.2) is 72.8 Å². The molecular weight excluding hydrogens is 790 g/mol. The molecule has 0 bridgehead atoms. The summed E-state index contributed by atoms with van der Waals surface area (Å²) in [6.45, 7) is -0.595. The second-order valence-corrected chi connectivity index (χ2v) is 12.8. The third kappa shape index (κ3) is 9.43. The van der Waals surface area contributed by atoms with E-state index >= 15 is 0 Å². The maximum absolute atomic E-state index is 14.1. The molecule has 0 atom stereocenters. The fourth-order valence-corrected chi connectivity index (χ4v) is 6.43. The van der Waals surface area contributed by atoms with Crippen LogP contribution in [0.1, 0.15) is 50.2 Å². The number of carbonyl (C=O) groups is 4. The number of phenolic OH excluding ortho intramolecular Hbond substituents is 2. The van der Waals surface area contributed by atoms with E-state index in [9.17, 15) is 55.7 Å². The number of hydrogen-bond donors (Lipinski definition) is 4. The van der Waals surface area contributed by atoms with E-state index in [0.29, 0.717) is 39.8 Å². The van der Waals surface area contributed by atoms with E-state index in [1.165, 1.54) is 76.8 Å². The molecule has 59 heavy (non-hydrogen) atoms. The van der Waals surface area contributed by atoms with Crippen LogP contribution in [-0.2, 0) is 22.4 Å². The Balaban J connectivity index is 0.000000224. The average molecular weight is 827 g/mol. The smallest absolute Gasteiger partial charge is 0.387 e. The van der Waals surface area contributed by atoms with Crippen molar-refractivity contribution in [3.05, 3.63) is 118 Å². The standard InChI is InChI=1S/C21H19F3N2O4.C20H17F3N2O4/c1-3-25-19(28)9-14-11(2)26(17-10-16(22)18(27)8-15(14)17)20(29)12-4-6-13(7-5-12)30-21(23)24;1-10-13(8-18(27)24-2)14-7-17(26)15(21)9-16(14)25(10)19(28)11-3-5-12(6-4-11)29-20(22)23/h4-8,10,21,27H,3,9H2,1-2H3,(H,25,28);3-7,9,20,26H,8H2,1-2H3,(H,24,27). The van der Waals surface area contributed by atoms with Gasteiger partial charge >= 0.3 is 13.2 Å². The van der Waals surface area contributed by atoms with E-state index in [-0.39, 0.29) is 58.3 Å². The van der Waals surface area contributed by atoms with Gasteiger partial charge in [0.15, 0.2) is 23.1 Å². The van der Waals surface area contributed by atoms with Crippen LogP contribution in [0.4, 0.5) is 26.3 Å². The minimum Gasteiger partial charge on any atom is -0.505 e. The van der Waals surface area contributed by atoms with Gasteiger partial charge in [0.2, 0.25) is 11.8 Å². The van der Waals surface area contributed by atoms with Crippen molar-refractivity contribution in [3.63, 3.8) is 0 Å². The summed E-state index contributed by atoms with van der Waals surface area (Å²) in [5.74, 6) is -4.97. The third-order valence-corrected chi connectivity index (χ3v) is 9.19. The predicted octanol–water partition coefficient (Wildman–Crippen LogP) is 7.14. The first kappa shape index (κ1) is 43.1. The number of nitrogens with one attached hydrogen (secondary N) is 2. The lowest BCUT2D eigenvalue weighted by atomic mass is 10.1. The van der Waals surface area contributed by atoms with Gasteiger partial charge in [-0.1, -0.05) is 0 Å². The van der Waals surface area contributed by atoms with Gasteiger partial charge in [0.05, 0.1) is 23.9 Å². The highest BCUT2D eigenvalue weighted by Crippen LogP contribution is 2.34. The Morgan fingerprint density at radius 1 is 0.644 bits per heavy atom. The Hall–Kier alpha value is -6.98. The van der Waals surface area contributed by atoms with Gasteiger partial charge < -0.3 is 30.3 Å². The molecule has 2 heterocycles. The van der Waals surface area contributed by atoms with Crippen molar-refractivity contribution in [2.45, 2.75) is 46.8 Å². The molecule has 0 saturated heterocycles. The quantitative estimate of drug-likeness (QED) is 0.100. The molecule has 0 spiro atoms. The van der Waals surface area contributed by atoms with Crippen LogP contribution in [0.5, 0.6) is 23.0 Å². The van der Waals surface area contributed by atoms with Crippen LogP contribution >= 0.6 is 0 Å². The monoisotopic (exact) mass is 826 g/mol. The summed E-state index contributed by atoms with van der Waals surface area (Å²) in [4.78, 5) is 50.2. The second-order valence-electron chi connectivity index (χ2n) is 12.8. The van der Waals surface area contributed by atoms with Crippen LogP contribution in [0.3, 0.4) is 0 Å². The van der Waals surface area contributed by atoms with Gasteiger partial charge in [0.25, 0.3) is 11.8 Å². The maximum Gasteiger partial charge on any atom is 0.387 e. The number of benzene rings is 4. The first-order chi connectivity index (χ1) is 27.9. The Kier molecular flexibility index (Phi) is 13.2. The Labute approximate surface area is 331 Å². The highest BCUT2D eigenvalue weighted by Gasteiger charge is 2.25. The normalized spacial score (nSPS) is 11.1. The fraction of sp³-hybridized carbons (Fsp3) is 0.220. The first-order valence-electron chi connectivity index (χ1n) is 17.7. The summed E-state index contributed by atoms with van der Waals surface area (Å²) >= 11 is 0. The molecule has 4 N–H and O–H groups in total. The predicted molar refractivity (Wildman–Crippen MR) is 202 cm³/mol. The number of carbonyl (C=O) groups excluding carboxylic acids is 4. The highest BCUT2D eigenvalue weighted by atomic mass is 19.3. The van der Waals surface area contributed by atoms with Crippen molar-refractivity contribution in [3.8, 4) is 23.0 Å². The number of halogens is 6. The number of ether oxygens (including phenoxy) is 2. The lowest BCUT2D eigenvalue weighted by Gasteiger charge is -2.09. The molecular formula is C41H36F6N4O8. The molecule has 0 aliphatic rings. The van der Waals surface area contributed by atoms with Crippen molar-refractivity contribution in [2.24, 2.45) is 0 Å². The third-order valence-electron chi connectivity index (χ3n) is 9.19. The molecule has 310 valence electrons. The molecule has 18 heteroatoms. The largest absolute Gasteiger partial charge is 0.505 e. The number of phenols is 2. The number of rotatable bonds is 11. The van der Waals surface area contributed by atoms with Crippen LogP contribution in [0, 0.1) is 25.5 Å². The number of fused-ring (bicyclic) bond motifs is 2. The van der Waals surface area contributed by atoms with E-state index in [1.807, 2.05) is 0 Å². The molecule has 0 unspecified atom stereocenters. The molecule has 6 rings (SSSR count). The highest BCUT2D eigenvalue weighted by molar-refractivity contribution is 6.06. The van der Waals surface area contributed by atoms with Gasteiger partial charge in [-0.3, -0.25) is 28.3 Å². The number of likely N-dealkylation sites (N-methyl/N-ethyl adjacent to an activating group) is 2. The Bertz CT molecular complexity index is 2550. The minimum absolute atomic E-state index is 0.0668. The number of hydrogen-bond acceptors (Lipinski definition) is 8. The van der Waals surface area contributed by atoms with Crippen molar-refractivity contribution in [1.82, 2.24) is 19.8 Å². The number of aromatic nitrogens is 2. The number of nitrogens with zero attached hydrogens (tertiary/aromatic N) is 2. The topological polar surface area (TPSA) is 161 Å². The Morgan fingerprint density at radius 2 is 1.02 bits per heavy atom. The van der Waals surface area contributed by atoms with Gasteiger partial charge in [-0.2, -0.15) is 17.6 Å². The zero-order valence-electron chi connectivity index (χ0n) is 31.7. The SMILES string of the molecule is CCNC(=O)Cc1c(C)n(C(=O)c2ccc(OC(F)F)cc2)c2cc(F)c(O)cc12.CNC(=O)Cc1c(C)n(C(=O)c2ccc(OC(F)F)cc2)c2cc(F)c(O)cc12. The zero-order chi connectivity index (χ0) is 43.3. The molecule has 2 amide bonds. The van der Waals surface area contributed by atoms with Crippen molar-refractivity contribution in [1.29, 1.82) is 0 Å². The van der Waals surface area contributed by atoms with E-state index in [1.54, 1.807) is 20.8 Å². The summed E-state index contributed by atoms with van der Waals surface area (Å²) in [5.41, 5.74) is 2.37. The lowest BCUT2D eigenvalue weighted by Crippen LogP contribution is -2.24. The summed E-state index contributed by atoms with van der Waals surface area (Å²) in [6.07, 6.45) is -0.145. The average Bonchev–Trinajstić information content (AvgIpc) is 3.58. The van der Waals surface area contributed by atoms with E-state index in [4.69, 9.17) is 0 Å². The van der Waals surface area contributed by atoms with E-state index in [0.717, 1.165) is 12.1 Å². The van der Waals surface area contributed by atoms with E-state index < -0.39 is 48.2 Å². The lowest BCUT2D eigenvalue weighted by molar-refractivity contribution is -0.121. The van der Waals surface area contributed by atoms with Gasteiger partial charge in [0, 0.05) is 59.0 Å². The summed E-state index contributed by atoms with van der Waals surface area (Å²) < 4.78 is 88.3. The molecule has 12 nitrogen and oxygen atoms in total. The number of amides is 2. The summed E-state index contributed by atoms with van der Waals surface area (Å²) in [7, 11) is 1.46. The molecule has 4 aromatic carbocycles. The van der Waals surface area contributed by atoms with Gasteiger partial charge in [-0.05, 0) is 92.6 Å². The van der Waals surface area contributed by atoms with Gasteiger partial charge in [0.1, 0.15) is 11.5 Å². The summed E-state index contributed by atoms with van der Waals surface area (Å²) in [5, 5.41) is 25.4. The molecule has 0 aliphatic carbocycles. The van der Waals surface area contributed by atoms with Crippen molar-refractivity contribution >= 4 is 45.4 Å². The molecule has 6 aromatic rings. The summed E-state index contributed by atoms with van der Waals surface area (Å²) in [6, 6.07) is 14.5. The number of alkyl halides is 4. The van der Waals surface area contributed by atoms with E-state index in [2.05, 4.69) is 20.1 Å². The van der Waals surface area contributed by atoms with Crippen LogP contribution < -0.4 is 20.1 Å². The van der Waals surface area contributed by atoms with Gasteiger partial charge in [-0.15, -0.1) is 0 Å². The van der Waals surface area contributed by atoms with Gasteiger partial charge in [-0.25, -0.2) is 8.78 Å². The molecule has 2 aromatic heterocycles. The minimum atomic E-state index is -2.99. The second kappa shape index (κ2) is 18.1. The van der Waals surface area contributed by atoms with Crippen LogP contribution in [0.2, 0.25) is 0 Å². The van der Waals surface area contributed by atoms with Crippen LogP contribution in [-0.4, -0.2) is 69.8 Å². The Morgan fingerprint density at radius 3 is 1.36 bits per heavy atom. The van der Waals surface area contributed by atoms with Crippen LogP contribution in [0.25, 0.3) is 21.8 Å². The van der Waals surface area contributed by atoms with Crippen molar-refractivity contribution < 1.29 is 65.2 Å². The zero-order valence-corrected chi connectivity index (χ0v) is 31.7. The molecule has 0 aliphatic heterocycles. The number of aromatic hydroxyl groups is 2. The fourth-order valence-electron chi connectivity index (χ4n) is 6.43.